The van der Waals surface area contributed by atoms with Gasteiger partial charge in [0.05, 0.1) is 4.91 Å². The fourth-order valence-electron chi connectivity index (χ4n) is 2.37. The van der Waals surface area contributed by atoms with Crippen molar-refractivity contribution in [3.63, 3.8) is 0 Å². The zero-order valence-electron chi connectivity index (χ0n) is 14.3. The number of thiophene rings is 1. The van der Waals surface area contributed by atoms with Crippen molar-refractivity contribution in [1.29, 1.82) is 0 Å². The number of rotatable bonds is 7. The van der Waals surface area contributed by atoms with Crippen LogP contribution in [0.3, 0.4) is 0 Å². The van der Waals surface area contributed by atoms with E-state index in [1.54, 1.807) is 16.8 Å². The maximum atomic E-state index is 12.4. The van der Waals surface area contributed by atoms with Crippen LogP contribution >= 0.6 is 23.1 Å². The quantitative estimate of drug-likeness (QED) is 0.684. The van der Waals surface area contributed by atoms with Crippen LogP contribution in [0.1, 0.15) is 15.9 Å². The Morgan fingerprint density at radius 1 is 1.21 bits per heavy atom. The Kier molecular flexibility index (Phi) is 6.42. The molecule has 0 unspecified atom stereocenters. The first-order chi connectivity index (χ1) is 13.4. The number of alkyl halides is 2. The van der Waals surface area contributed by atoms with Gasteiger partial charge in [0, 0.05) is 24.0 Å². The predicted octanol–water partition coefficient (Wildman–Crippen LogP) is 3.82. The average Bonchev–Trinajstić information content (AvgIpc) is 3.27. The molecule has 0 atom stereocenters. The zero-order valence-corrected chi connectivity index (χ0v) is 15.9. The maximum absolute atomic E-state index is 12.4. The maximum Gasteiger partial charge on any atom is 0.387 e. The van der Waals surface area contributed by atoms with Crippen LogP contribution in [-0.2, 0) is 4.79 Å². The summed E-state index contributed by atoms with van der Waals surface area (Å²) in [6, 6.07) is 7.39. The van der Waals surface area contributed by atoms with Gasteiger partial charge in [-0.25, -0.2) is 0 Å². The van der Waals surface area contributed by atoms with Gasteiger partial charge >= 0.3 is 6.61 Å². The Labute approximate surface area is 167 Å². The second-order valence-corrected chi connectivity index (χ2v) is 7.32. The fraction of sp³-hybridized carbons (Fsp3) is 0.167. The lowest BCUT2D eigenvalue weighted by atomic mass is 10.2. The van der Waals surface area contributed by atoms with Gasteiger partial charge in [-0.2, -0.15) is 20.1 Å². The standard InChI is InChI=1S/C18H14F2N2O4S2/c19-17(20)26-13-3-1-11(2-4-13)9-14-16(24)22(18(25)28-14)7-6-21-15(23)12-5-8-27-10-12/h1-5,8-10,17H,6-7H2,(H,21,23)/b14-9-. The van der Waals surface area contributed by atoms with Gasteiger partial charge in [-0.3, -0.25) is 19.3 Å². The number of ether oxygens (including phenoxy) is 1. The number of halogens is 2. The van der Waals surface area contributed by atoms with Crippen LogP contribution in [0.5, 0.6) is 5.75 Å². The molecule has 146 valence electrons. The van der Waals surface area contributed by atoms with Crippen LogP contribution in [0.15, 0.2) is 46.0 Å². The third-order valence-corrected chi connectivity index (χ3v) is 5.27. The Morgan fingerprint density at radius 2 is 1.96 bits per heavy atom. The molecule has 1 fully saturated rings. The largest absolute Gasteiger partial charge is 0.435 e. The van der Waals surface area contributed by atoms with Crippen molar-refractivity contribution in [2.45, 2.75) is 6.61 Å². The summed E-state index contributed by atoms with van der Waals surface area (Å²) in [5.74, 6) is -0.732. The number of thioether (sulfide) groups is 1. The second kappa shape index (κ2) is 8.98. The molecule has 0 saturated carbocycles. The molecule has 3 rings (SSSR count). The van der Waals surface area contributed by atoms with Crippen molar-refractivity contribution in [3.8, 4) is 5.75 Å². The van der Waals surface area contributed by atoms with Crippen LogP contribution in [0.4, 0.5) is 13.6 Å². The lowest BCUT2D eigenvalue weighted by Gasteiger charge is -2.12. The first-order valence-electron chi connectivity index (χ1n) is 8.04. The van der Waals surface area contributed by atoms with Gasteiger partial charge in [-0.05, 0) is 47.0 Å². The van der Waals surface area contributed by atoms with Crippen molar-refractivity contribution in [3.05, 3.63) is 57.1 Å². The summed E-state index contributed by atoms with van der Waals surface area (Å²) in [6.07, 6.45) is 1.50. The average molecular weight is 424 g/mol. The Balaban J connectivity index is 1.58. The van der Waals surface area contributed by atoms with Crippen LogP contribution in [0, 0.1) is 0 Å². The molecule has 1 N–H and O–H groups in total. The number of benzene rings is 1. The van der Waals surface area contributed by atoms with Crippen molar-refractivity contribution in [2.24, 2.45) is 0 Å². The van der Waals surface area contributed by atoms with E-state index in [1.807, 2.05) is 0 Å². The molecule has 2 aromatic rings. The number of amides is 3. The third-order valence-electron chi connectivity index (χ3n) is 3.68. The van der Waals surface area contributed by atoms with Crippen LogP contribution in [0.25, 0.3) is 6.08 Å². The van der Waals surface area contributed by atoms with Gasteiger partial charge in [0.25, 0.3) is 17.1 Å². The molecule has 0 aliphatic carbocycles. The molecule has 1 saturated heterocycles. The molecule has 0 bridgehead atoms. The number of imide groups is 1. The van der Waals surface area contributed by atoms with Gasteiger partial charge in [0.2, 0.25) is 0 Å². The zero-order chi connectivity index (χ0) is 20.1. The summed E-state index contributed by atoms with van der Waals surface area (Å²) in [7, 11) is 0. The Hall–Kier alpha value is -2.72. The van der Waals surface area contributed by atoms with Gasteiger partial charge in [-0.15, -0.1) is 0 Å². The molecule has 2 heterocycles. The molecule has 1 aromatic carbocycles. The molecule has 1 aliphatic heterocycles. The van der Waals surface area contributed by atoms with Crippen LogP contribution in [-0.4, -0.2) is 41.7 Å². The predicted molar refractivity (Wildman–Crippen MR) is 102 cm³/mol. The van der Waals surface area contributed by atoms with Crippen molar-refractivity contribution in [2.75, 3.05) is 13.1 Å². The highest BCUT2D eigenvalue weighted by atomic mass is 32.2. The summed E-state index contributed by atoms with van der Waals surface area (Å²) in [4.78, 5) is 37.6. The topological polar surface area (TPSA) is 75.7 Å². The summed E-state index contributed by atoms with van der Waals surface area (Å²) < 4.78 is 28.6. The van der Waals surface area contributed by atoms with E-state index in [0.29, 0.717) is 11.1 Å². The van der Waals surface area contributed by atoms with Crippen molar-refractivity contribution in [1.82, 2.24) is 10.2 Å². The molecular formula is C18H14F2N2O4S2. The van der Waals surface area contributed by atoms with Gasteiger partial charge in [0.15, 0.2) is 0 Å². The molecule has 6 nitrogen and oxygen atoms in total. The van der Waals surface area contributed by atoms with Gasteiger partial charge in [0.1, 0.15) is 5.75 Å². The monoisotopic (exact) mass is 424 g/mol. The fourth-order valence-corrected chi connectivity index (χ4v) is 3.87. The third kappa shape index (κ3) is 4.96. The highest BCUT2D eigenvalue weighted by Crippen LogP contribution is 2.32. The van der Waals surface area contributed by atoms with E-state index in [0.717, 1.165) is 16.7 Å². The lowest BCUT2D eigenvalue weighted by Crippen LogP contribution is -2.37. The van der Waals surface area contributed by atoms with Crippen LogP contribution in [0.2, 0.25) is 0 Å². The number of nitrogens with zero attached hydrogens (tertiary/aromatic N) is 1. The Bertz CT molecular complexity index is 899. The summed E-state index contributed by atoms with van der Waals surface area (Å²) >= 11 is 2.18. The summed E-state index contributed by atoms with van der Waals surface area (Å²) in [5.41, 5.74) is 1.09. The van der Waals surface area contributed by atoms with E-state index in [9.17, 15) is 23.2 Å². The van der Waals surface area contributed by atoms with Crippen molar-refractivity contribution >= 4 is 46.2 Å². The highest BCUT2D eigenvalue weighted by Gasteiger charge is 2.34. The number of nitrogens with one attached hydrogen (secondary N) is 1. The highest BCUT2D eigenvalue weighted by molar-refractivity contribution is 8.18. The van der Waals surface area contributed by atoms with Crippen molar-refractivity contribution < 1.29 is 27.9 Å². The van der Waals surface area contributed by atoms with Gasteiger partial charge in [-0.1, -0.05) is 12.1 Å². The lowest BCUT2D eigenvalue weighted by molar-refractivity contribution is -0.122. The molecule has 3 amide bonds. The van der Waals surface area contributed by atoms with Crippen LogP contribution < -0.4 is 10.1 Å². The van der Waals surface area contributed by atoms with E-state index >= 15 is 0 Å². The minimum Gasteiger partial charge on any atom is -0.435 e. The molecule has 28 heavy (non-hydrogen) atoms. The molecule has 0 spiro atoms. The minimum absolute atomic E-state index is 0.00150. The summed E-state index contributed by atoms with van der Waals surface area (Å²) in [6.45, 7) is -2.72. The second-order valence-electron chi connectivity index (χ2n) is 5.55. The molecule has 10 heteroatoms. The number of carbonyl (C=O) groups excluding carboxylic acids is 3. The molecule has 1 aliphatic rings. The van der Waals surface area contributed by atoms with E-state index < -0.39 is 17.8 Å². The van der Waals surface area contributed by atoms with Gasteiger partial charge < -0.3 is 10.1 Å². The number of hydrogen-bond acceptors (Lipinski definition) is 6. The molecule has 0 radical (unpaired) electrons. The normalized spacial score (nSPS) is 15.5. The molecular weight excluding hydrogens is 410 g/mol. The van der Waals surface area contributed by atoms with E-state index in [-0.39, 0.29) is 29.7 Å². The smallest absolute Gasteiger partial charge is 0.387 e. The molecule has 1 aromatic heterocycles. The number of carbonyl (C=O) groups is 3. The van der Waals surface area contributed by atoms with E-state index in [4.69, 9.17) is 0 Å². The van der Waals surface area contributed by atoms with E-state index in [1.165, 1.54) is 41.7 Å². The summed E-state index contributed by atoms with van der Waals surface area (Å²) in [5, 5.41) is 5.71. The number of hydrogen-bond donors (Lipinski definition) is 1. The first-order valence-corrected chi connectivity index (χ1v) is 9.80. The van der Waals surface area contributed by atoms with E-state index in [2.05, 4.69) is 10.1 Å². The first kappa shape index (κ1) is 20.0. The SMILES string of the molecule is O=C(NCCN1C(=O)S/C(=C\c2ccc(OC(F)F)cc2)C1=O)c1ccsc1. The Morgan fingerprint density at radius 3 is 2.61 bits per heavy atom. The minimum atomic E-state index is -2.91.